The van der Waals surface area contributed by atoms with Gasteiger partial charge in [0.25, 0.3) is 0 Å². The zero-order chi connectivity index (χ0) is 26.0. The van der Waals surface area contributed by atoms with Gasteiger partial charge in [-0.3, -0.25) is 0 Å². The Kier molecular flexibility index (Phi) is 7.06. The molecule has 5 rings (SSSR count). The molecule has 37 heavy (non-hydrogen) atoms. The molecule has 1 saturated carbocycles. The van der Waals surface area contributed by atoms with Crippen molar-refractivity contribution in [2.24, 2.45) is 5.92 Å². The van der Waals surface area contributed by atoms with Gasteiger partial charge in [0.2, 0.25) is 0 Å². The van der Waals surface area contributed by atoms with E-state index in [9.17, 15) is 22.8 Å². The van der Waals surface area contributed by atoms with Gasteiger partial charge >= 0.3 is 165 Å². The molecule has 1 fully saturated rings. The number of aromatic nitrogens is 2. The summed E-state index contributed by atoms with van der Waals surface area (Å²) in [5.41, 5.74) is 4.94. The van der Waals surface area contributed by atoms with Crippen LogP contribution < -0.4 is 5.32 Å². The second-order valence-electron chi connectivity index (χ2n) is 8.91. The molecule has 1 aromatic heterocycles. The van der Waals surface area contributed by atoms with Gasteiger partial charge < -0.3 is 4.74 Å². The predicted octanol–water partition coefficient (Wildman–Crippen LogP) is 6.21. The van der Waals surface area contributed by atoms with Crippen molar-refractivity contribution in [2.45, 2.75) is 24.2 Å². The van der Waals surface area contributed by atoms with E-state index >= 15 is 0 Å². The van der Waals surface area contributed by atoms with Gasteiger partial charge in [0.15, 0.2) is 0 Å². The second kappa shape index (κ2) is 10.4. The maximum atomic E-state index is 12.4. The first kappa shape index (κ1) is 25.1. The summed E-state index contributed by atoms with van der Waals surface area (Å²) < 4.78 is 43.9. The molecule has 0 radical (unpaired) electrons. The fourth-order valence-corrected chi connectivity index (χ4v) is 5.12. The van der Waals surface area contributed by atoms with Crippen molar-refractivity contribution >= 4 is 43.1 Å². The number of ether oxygens (including phenoxy) is 1. The van der Waals surface area contributed by atoms with E-state index in [0.717, 1.165) is 35.0 Å². The van der Waals surface area contributed by atoms with Gasteiger partial charge in [0.1, 0.15) is 0 Å². The molecule has 1 heterocycles. The van der Waals surface area contributed by atoms with Gasteiger partial charge in [-0.05, 0) is 24.8 Å². The Hall–Kier alpha value is -3.58. The molecule has 0 bridgehead atoms. The summed E-state index contributed by atoms with van der Waals surface area (Å²) in [4.78, 5) is 28.9. The van der Waals surface area contributed by atoms with Crippen molar-refractivity contribution in [3.05, 3.63) is 78.6 Å². The van der Waals surface area contributed by atoms with Crippen molar-refractivity contribution in [3.8, 4) is 16.8 Å². The van der Waals surface area contributed by atoms with Crippen LogP contribution in [0.2, 0.25) is 5.21 Å². The third-order valence-corrected chi connectivity index (χ3v) is 8.11. The summed E-state index contributed by atoms with van der Waals surface area (Å²) in [5, 5.41) is 1.53. The van der Waals surface area contributed by atoms with Gasteiger partial charge in [-0.25, -0.2) is 4.79 Å². The SMILES string of the molecule is O=C(Nc1cccc(-n2cnc3cc(-c4cccc(C(=O)OCC5CC5)c4)ccc32)c1)[AsH]CC(F)(F)F. The molecule has 1 atom stereocenters. The third-order valence-electron chi connectivity index (χ3n) is 5.96. The number of benzene rings is 3. The van der Waals surface area contributed by atoms with Gasteiger partial charge in [-0.15, -0.1) is 0 Å². The van der Waals surface area contributed by atoms with E-state index in [1.165, 1.54) is 0 Å². The number of carbonyl (C=O) groups is 2. The van der Waals surface area contributed by atoms with Crippen molar-refractivity contribution in [2.75, 3.05) is 11.9 Å². The van der Waals surface area contributed by atoms with Crippen LogP contribution in [0.4, 0.5) is 23.7 Å². The molecule has 6 nitrogen and oxygen atoms in total. The molecule has 1 unspecified atom stereocenters. The first-order valence-electron chi connectivity index (χ1n) is 11.7. The van der Waals surface area contributed by atoms with E-state index in [0.29, 0.717) is 29.5 Å². The molecular weight excluding hydrogens is 546 g/mol. The van der Waals surface area contributed by atoms with Crippen molar-refractivity contribution in [3.63, 3.8) is 0 Å². The number of rotatable bonds is 8. The Morgan fingerprint density at radius 2 is 1.81 bits per heavy atom. The molecule has 3 aromatic carbocycles. The average Bonchev–Trinajstić information content (AvgIpc) is 3.62. The van der Waals surface area contributed by atoms with E-state index in [2.05, 4.69) is 10.3 Å². The van der Waals surface area contributed by atoms with E-state index in [-0.39, 0.29) is 5.97 Å². The minimum atomic E-state index is -4.32. The first-order chi connectivity index (χ1) is 17.7. The van der Waals surface area contributed by atoms with E-state index in [4.69, 9.17) is 4.74 Å². The second-order valence-corrected chi connectivity index (χ2v) is 11.4. The molecule has 1 N–H and O–H groups in total. The normalized spacial score (nSPS) is 13.8. The number of halogens is 3. The van der Waals surface area contributed by atoms with Crippen LogP contribution in [0.1, 0.15) is 23.2 Å². The molecule has 1 aliphatic carbocycles. The molecule has 1 aliphatic rings. The van der Waals surface area contributed by atoms with Crippen molar-refractivity contribution in [1.29, 1.82) is 0 Å². The molecule has 4 aromatic rings. The molecule has 1 amide bonds. The molecule has 0 aliphatic heterocycles. The minimum absolute atomic E-state index is 0.327. The predicted molar refractivity (Wildman–Crippen MR) is 137 cm³/mol. The fourth-order valence-electron chi connectivity index (χ4n) is 3.87. The summed E-state index contributed by atoms with van der Waals surface area (Å²) in [6, 6.07) is 19.9. The summed E-state index contributed by atoms with van der Waals surface area (Å²) in [6.45, 7) is 0.465. The van der Waals surface area contributed by atoms with Crippen LogP contribution in [-0.2, 0) is 4.74 Å². The van der Waals surface area contributed by atoms with Crippen molar-refractivity contribution < 1.29 is 27.5 Å². The molecular formula is C27H23AsF3N3O3. The van der Waals surface area contributed by atoms with Gasteiger partial charge in [0, 0.05) is 0 Å². The number of hydrogen-bond donors (Lipinski definition) is 1. The topological polar surface area (TPSA) is 73.2 Å². The molecule has 190 valence electrons. The van der Waals surface area contributed by atoms with Gasteiger partial charge in [-0.2, -0.15) is 0 Å². The molecule has 0 spiro atoms. The number of nitrogens with one attached hydrogen (secondary N) is 1. The number of esters is 1. The summed E-state index contributed by atoms with van der Waals surface area (Å²) in [5.74, 6) is 0.171. The van der Waals surface area contributed by atoms with Crippen LogP contribution in [0.3, 0.4) is 0 Å². The van der Waals surface area contributed by atoms with Crippen LogP contribution in [0.15, 0.2) is 73.1 Å². The summed E-state index contributed by atoms with van der Waals surface area (Å²) >= 11 is -1.84. The van der Waals surface area contributed by atoms with Gasteiger partial charge in [0.05, 0.1) is 12.2 Å². The quantitative estimate of drug-likeness (QED) is 0.202. The molecule has 10 heteroatoms. The number of fused-ring (bicyclic) bond motifs is 1. The number of amides is 1. The summed E-state index contributed by atoms with van der Waals surface area (Å²) in [7, 11) is 0. The average molecular weight is 569 g/mol. The van der Waals surface area contributed by atoms with Crippen molar-refractivity contribution in [1.82, 2.24) is 9.55 Å². The van der Waals surface area contributed by atoms with E-state index in [1.807, 2.05) is 41.0 Å². The maximum absolute atomic E-state index is 12.4. The fraction of sp³-hybridized carbons (Fsp3) is 0.222. The van der Waals surface area contributed by atoms with Crippen LogP contribution >= 0.6 is 0 Å². The van der Waals surface area contributed by atoms with E-state index in [1.54, 1.807) is 36.7 Å². The van der Waals surface area contributed by atoms with Crippen LogP contribution in [0.5, 0.6) is 0 Å². The number of alkyl halides is 3. The number of carbonyl (C=O) groups excluding carboxylic acids is 2. The monoisotopic (exact) mass is 569 g/mol. The Morgan fingerprint density at radius 1 is 1.03 bits per heavy atom. The van der Waals surface area contributed by atoms with Crippen LogP contribution in [0.25, 0.3) is 27.8 Å². The Labute approximate surface area is 217 Å². The first-order valence-corrected chi connectivity index (χ1v) is 14.3. The standard InChI is InChI=1S/C27H23AsF3N3O3/c29-27(30,31)15-28-26(36)33-21-5-2-6-22(13-21)34-16-32-23-12-19(9-10-24(23)34)18-3-1-4-20(11-18)25(35)37-14-17-7-8-17/h1-6,9-13,16-17,28H,7-8,14-15H2,(H,33,36). The Morgan fingerprint density at radius 3 is 2.59 bits per heavy atom. The zero-order valence-electron chi connectivity index (χ0n) is 19.6. The third kappa shape index (κ3) is 6.41. The summed E-state index contributed by atoms with van der Waals surface area (Å²) in [6.07, 6.45) is -0.447. The van der Waals surface area contributed by atoms with Crippen LogP contribution in [-0.4, -0.2) is 48.8 Å². The number of hydrogen-bond acceptors (Lipinski definition) is 4. The van der Waals surface area contributed by atoms with Crippen LogP contribution in [0, 0.1) is 5.92 Å². The number of nitrogens with zero attached hydrogens (tertiary/aromatic N) is 2. The number of anilines is 1. The zero-order valence-corrected chi connectivity index (χ0v) is 21.7. The number of imidazole rings is 1. The Bertz CT molecular complexity index is 1460. The Balaban J connectivity index is 1.33. The van der Waals surface area contributed by atoms with E-state index < -0.39 is 31.8 Å². The van der Waals surface area contributed by atoms with Gasteiger partial charge in [-0.1, -0.05) is 6.07 Å². The molecule has 0 saturated heterocycles.